The lowest BCUT2D eigenvalue weighted by molar-refractivity contribution is 0.0593. The molecule has 1 aromatic heterocycles. The van der Waals surface area contributed by atoms with Gasteiger partial charge in [0.1, 0.15) is 0 Å². The fraction of sp³-hybridized carbons (Fsp3) is 0.125. The van der Waals surface area contributed by atoms with Crippen LogP contribution in [-0.2, 0) is 4.74 Å². The van der Waals surface area contributed by atoms with E-state index in [1.165, 1.54) is 19.3 Å². The predicted molar refractivity (Wildman–Crippen MR) is 48.5 cm³/mol. The van der Waals surface area contributed by atoms with Crippen molar-refractivity contribution in [1.29, 1.82) is 0 Å². The summed E-state index contributed by atoms with van der Waals surface area (Å²) < 4.78 is 4.44. The molecule has 0 spiro atoms. The summed E-state index contributed by atoms with van der Waals surface area (Å²) in [5.41, 5.74) is 0.521. The van der Waals surface area contributed by atoms with Crippen LogP contribution in [0.25, 0.3) is 6.08 Å². The van der Waals surface area contributed by atoms with Crippen LogP contribution in [0.4, 0.5) is 0 Å². The molecule has 1 rings (SSSR count). The van der Waals surface area contributed by atoms with E-state index in [-0.39, 0.29) is 10.7 Å². The summed E-state index contributed by atoms with van der Waals surface area (Å²) in [5, 5.41) is 7.47. The third-order valence-corrected chi connectivity index (χ3v) is 1.64. The Morgan fingerprint density at radius 2 is 2.38 bits per heavy atom. The number of nitrogens with zero attached hydrogens (tertiary/aromatic N) is 2. The fourth-order valence-corrected chi connectivity index (χ4v) is 0.944. The van der Waals surface area contributed by atoms with Crippen LogP contribution in [0.1, 0.15) is 16.2 Å². The Morgan fingerprint density at radius 3 is 2.85 bits per heavy atom. The molecular weight excluding hydrogens is 192 g/mol. The highest BCUT2D eigenvalue weighted by molar-refractivity contribution is 6.33. The highest BCUT2D eigenvalue weighted by Gasteiger charge is 2.13. The molecule has 0 aliphatic rings. The summed E-state index contributed by atoms with van der Waals surface area (Å²) in [5.74, 6) is -0.604. The molecule has 13 heavy (non-hydrogen) atoms. The molecule has 0 fully saturated rings. The van der Waals surface area contributed by atoms with E-state index in [1.54, 1.807) is 0 Å². The second-order valence-corrected chi connectivity index (χ2v) is 2.57. The Morgan fingerprint density at radius 1 is 1.69 bits per heavy atom. The first-order valence-corrected chi connectivity index (χ1v) is 3.80. The average Bonchev–Trinajstić information content (AvgIpc) is 2.16. The molecule has 5 heteroatoms. The second-order valence-electron chi connectivity index (χ2n) is 2.16. The van der Waals surface area contributed by atoms with Gasteiger partial charge in [0, 0.05) is 0 Å². The van der Waals surface area contributed by atoms with E-state index in [2.05, 4.69) is 21.5 Å². The maximum absolute atomic E-state index is 11.0. The molecule has 0 saturated heterocycles. The van der Waals surface area contributed by atoms with Crippen molar-refractivity contribution in [1.82, 2.24) is 10.2 Å². The van der Waals surface area contributed by atoms with E-state index < -0.39 is 5.97 Å². The van der Waals surface area contributed by atoms with Crippen LogP contribution in [0.2, 0.25) is 5.02 Å². The molecule has 0 N–H and O–H groups in total. The van der Waals surface area contributed by atoms with Gasteiger partial charge in [-0.3, -0.25) is 0 Å². The van der Waals surface area contributed by atoms with Gasteiger partial charge in [-0.2, -0.15) is 5.10 Å². The number of carbonyl (C=O) groups excluding carboxylic acids is 1. The van der Waals surface area contributed by atoms with E-state index in [1.807, 2.05) is 0 Å². The van der Waals surface area contributed by atoms with Crippen molar-refractivity contribution >= 4 is 23.6 Å². The zero-order valence-corrected chi connectivity index (χ0v) is 7.71. The zero-order valence-electron chi connectivity index (χ0n) is 6.95. The Bertz CT molecular complexity index is 352. The SMILES string of the molecule is C=Cc1cc(Cl)c(C(=O)OC)nn1. The zero-order chi connectivity index (χ0) is 9.84. The van der Waals surface area contributed by atoms with Gasteiger partial charge >= 0.3 is 5.97 Å². The lowest BCUT2D eigenvalue weighted by atomic mass is 10.3. The highest BCUT2D eigenvalue weighted by Crippen LogP contribution is 2.14. The highest BCUT2D eigenvalue weighted by atomic mass is 35.5. The fourth-order valence-electron chi connectivity index (χ4n) is 0.717. The van der Waals surface area contributed by atoms with Crippen molar-refractivity contribution in [2.24, 2.45) is 0 Å². The number of hydrogen-bond acceptors (Lipinski definition) is 4. The summed E-state index contributed by atoms with van der Waals surface area (Å²) in [6.07, 6.45) is 1.49. The van der Waals surface area contributed by atoms with Gasteiger partial charge < -0.3 is 4.74 Å². The third-order valence-electron chi connectivity index (χ3n) is 1.35. The maximum Gasteiger partial charge on any atom is 0.360 e. The van der Waals surface area contributed by atoms with Gasteiger partial charge in [-0.25, -0.2) is 4.79 Å². The quantitative estimate of drug-likeness (QED) is 0.677. The van der Waals surface area contributed by atoms with Gasteiger partial charge in [-0.15, -0.1) is 5.10 Å². The molecule has 0 atom stereocenters. The third kappa shape index (κ3) is 2.03. The second kappa shape index (κ2) is 4.00. The van der Waals surface area contributed by atoms with E-state index in [0.29, 0.717) is 5.69 Å². The van der Waals surface area contributed by atoms with Crippen molar-refractivity contribution in [3.8, 4) is 0 Å². The number of carbonyl (C=O) groups is 1. The molecule has 4 nitrogen and oxygen atoms in total. The van der Waals surface area contributed by atoms with Crippen LogP contribution in [0.15, 0.2) is 12.6 Å². The van der Waals surface area contributed by atoms with Crippen LogP contribution in [0.5, 0.6) is 0 Å². The Labute approximate surface area is 80.2 Å². The molecule has 0 bridgehead atoms. The number of halogens is 1. The summed E-state index contributed by atoms with van der Waals surface area (Å²) >= 11 is 5.73. The molecule has 0 saturated carbocycles. The van der Waals surface area contributed by atoms with E-state index in [0.717, 1.165) is 0 Å². The van der Waals surface area contributed by atoms with Crippen molar-refractivity contribution in [2.45, 2.75) is 0 Å². The van der Waals surface area contributed by atoms with Gasteiger partial charge in [0.05, 0.1) is 17.8 Å². The van der Waals surface area contributed by atoms with E-state index in [4.69, 9.17) is 11.6 Å². The minimum absolute atomic E-state index is 0.00904. The smallest absolute Gasteiger partial charge is 0.360 e. The van der Waals surface area contributed by atoms with Crippen LogP contribution in [0.3, 0.4) is 0 Å². The minimum Gasteiger partial charge on any atom is -0.464 e. The lowest BCUT2D eigenvalue weighted by Crippen LogP contribution is -2.06. The molecular formula is C8H7ClN2O2. The average molecular weight is 199 g/mol. The molecule has 0 aromatic carbocycles. The van der Waals surface area contributed by atoms with E-state index >= 15 is 0 Å². The number of esters is 1. The predicted octanol–water partition coefficient (Wildman–Crippen LogP) is 1.56. The number of aromatic nitrogens is 2. The Hall–Kier alpha value is -1.42. The molecule has 0 unspecified atom stereocenters. The van der Waals surface area contributed by atoms with Gasteiger partial charge in [0.15, 0.2) is 5.69 Å². The van der Waals surface area contributed by atoms with Crippen LogP contribution < -0.4 is 0 Å². The lowest BCUT2D eigenvalue weighted by Gasteiger charge is -1.99. The monoisotopic (exact) mass is 198 g/mol. The number of ether oxygens (including phenoxy) is 1. The molecule has 0 amide bonds. The number of rotatable bonds is 2. The van der Waals surface area contributed by atoms with Gasteiger partial charge in [0.2, 0.25) is 0 Å². The summed E-state index contributed by atoms with van der Waals surface area (Å²) in [7, 11) is 1.25. The maximum atomic E-state index is 11.0. The molecule has 68 valence electrons. The van der Waals surface area contributed by atoms with Gasteiger partial charge in [-0.1, -0.05) is 18.2 Å². The van der Waals surface area contributed by atoms with Crippen LogP contribution in [-0.4, -0.2) is 23.3 Å². The standard InChI is InChI=1S/C8H7ClN2O2/c1-3-5-4-6(9)7(11-10-5)8(12)13-2/h3-4H,1H2,2H3. The topological polar surface area (TPSA) is 52.1 Å². The summed E-state index contributed by atoms with van der Waals surface area (Å²) in [6.45, 7) is 3.49. The minimum atomic E-state index is -0.604. The summed E-state index contributed by atoms with van der Waals surface area (Å²) in [6, 6.07) is 1.49. The van der Waals surface area contributed by atoms with Crippen LogP contribution >= 0.6 is 11.6 Å². The summed E-state index contributed by atoms with van der Waals surface area (Å²) in [4.78, 5) is 11.0. The Kier molecular flexibility index (Phi) is 2.97. The Balaban J connectivity index is 3.12. The molecule has 0 aliphatic carbocycles. The number of methoxy groups -OCH3 is 1. The van der Waals surface area contributed by atoms with Gasteiger partial charge in [0.25, 0.3) is 0 Å². The molecule has 0 aliphatic heterocycles. The van der Waals surface area contributed by atoms with Crippen LogP contribution in [0, 0.1) is 0 Å². The van der Waals surface area contributed by atoms with Crippen molar-refractivity contribution < 1.29 is 9.53 Å². The first-order valence-electron chi connectivity index (χ1n) is 3.43. The van der Waals surface area contributed by atoms with Crippen molar-refractivity contribution in [2.75, 3.05) is 7.11 Å². The number of hydrogen-bond donors (Lipinski definition) is 0. The normalized spacial score (nSPS) is 9.38. The molecule has 0 radical (unpaired) electrons. The molecule has 1 heterocycles. The van der Waals surface area contributed by atoms with E-state index in [9.17, 15) is 4.79 Å². The van der Waals surface area contributed by atoms with Crippen molar-refractivity contribution in [3.63, 3.8) is 0 Å². The largest absolute Gasteiger partial charge is 0.464 e. The van der Waals surface area contributed by atoms with Crippen molar-refractivity contribution in [3.05, 3.63) is 29.1 Å². The molecule has 1 aromatic rings. The first-order chi connectivity index (χ1) is 6.19. The first kappa shape index (κ1) is 9.67. The van der Waals surface area contributed by atoms with Gasteiger partial charge in [-0.05, 0) is 12.1 Å².